The highest BCUT2D eigenvalue weighted by Crippen LogP contribution is 2.41. The largest absolute Gasteiger partial charge is 0.357 e. The van der Waals surface area contributed by atoms with Gasteiger partial charge in [-0.15, -0.1) is 0 Å². The Balaban J connectivity index is 1.56. The minimum absolute atomic E-state index is 0.491. The Morgan fingerprint density at radius 3 is 2.95 bits per heavy atom. The topological polar surface area (TPSA) is 36.4 Å². The second-order valence-electron chi connectivity index (χ2n) is 5.81. The highest BCUT2D eigenvalue weighted by molar-refractivity contribution is 6.30. The van der Waals surface area contributed by atoms with Gasteiger partial charge in [-0.05, 0) is 49.8 Å². The normalized spacial score (nSPS) is 25.4. The lowest BCUT2D eigenvalue weighted by molar-refractivity contribution is 0.772. The van der Waals surface area contributed by atoms with E-state index in [0.717, 1.165) is 36.4 Å². The van der Waals surface area contributed by atoms with E-state index in [1.807, 2.05) is 12.1 Å². The number of nitrogens with zero attached hydrogens (tertiary/aromatic N) is 1. The fourth-order valence-electron chi connectivity index (χ4n) is 2.48. The third-order valence-corrected chi connectivity index (χ3v) is 4.17. The summed E-state index contributed by atoms with van der Waals surface area (Å²) in [6, 6.07) is 8.68. The summed E-state index contributed by atoms with van der Waals surface area (Å²) in [4.78, 5) is 4.67. The van der Waals surface area contributed by atoms with Crippen LogP contribution in [0.3, 0.4) is 0 Å². The van der Waals surface area contributed by atoms with Gasteiger partial charge in [-0.1, -0.05) is 23.7 Å². The molecule has 3 rings (SSSR count). The maximum absolute atomic E-state index is 6.05. The first-order chi connectivity index (χ1) is 9.76. The molecule has 2 aliphatic rings. The number of aliphatic imine (C=N–C) groups is 1. The number of halogens is 1. The zero-order valence-electron chi connectivity index (χ0n) is 11.9. The van der Waals surface area contributed by atoms with Crippen LogP contribution in [0.2, 0.25) is 5.02 Å². The number of nitrogens with one attached hydrogen (secondary N) is 2. The molecule has 0 spiro atoms. The summed E-state index contributed by atoms with van der Waals surface area (Å²) in [5.74, 6) is 2.36. The molecule has 20 heavy (non-hydrogen) atoms. The van der Waals surface area contributed by atoms with Crippen molar-refractivity contribution in [3.63, 3.8) is 0 Å². The van der Waals surface area contributed by atoms with Gasteiger partial charge in [0.05, 0.1) is 0 Å². The van der Waals surface area contributed by atoms with E-state index in [0.29, 0.717) is 12.0 Å². The van der Waals surface area contributed by atoms with Crippen LogP contribution in [0.4, 0.5) is 0 Å². The minimum Gasteiger partial charge on any atom is -0.357 e. The SMILES string of the molecule is CCNC(=NCC1CC1)NC1CC1c1cccc(Cl)c1. The van der Waals surface area contributed by atoms with Crippen molar-refractivity contribution in [3.05, 3.63) is 34.9 Å². The van der Waals surface area contributed by atoms with Crippen LogP contribution >= 0.6 is 11.6 Å². The van der Waals surface area contributed by atoms with Crippen LogP contribution < -0.4 is 10.6 Å². The van der Waals surface area contributed by atoms with Crippen LogP contribution in [0.15, 0.2) is 29.3 Å². The molecular formula is C16H22ClN3. The third kappa shape index (κ3) is 3.66. The maximum atomic E-state index is 6.05. The second-order valence-corrected chi connectivity index (χ2v) is 6.25. The number of hydrogen-bond acceptors (Lipinski definition) is 1. The number of rotatable bonds is 5. The molecule has 0 radical (unpaired) electrons. The molecular weight excluding hydrogens is 270 g/mol. The van der Waals surface area contributed by atoms with Gasteiger partial charge >= 0.3 is 0 Å². The third-order valence-electron chi connectivity index (χ3n) is 3.94. The zero-order chi connectivity index (χ0) is 13.9. The van der Waals surface area contributed by atoms with Gasteiger partial charge in [-0.2, -0.15) is 0 Å². The molecule has 0 aromatic heterocycles. The van der Waals surface area contributed by atoms with Crippen molar-refractivity contribution < 1.29 is 0 Å². The van der Waals surface area contributed by atoms with E-state index in [-0.39, 0.29) is 0 Å². The van der Waals surface area contributed by atoms with Gasteiger partial charge in [-0.3, -0.25) is 4.99 Å². The average molecular weight is 292 g/mol. The molecule has 0 heterocycles. The first kappa shape index (κ1) is 13.7. The number of hydrogen-bond donors (Lipinski definition) is 2. The molecule has 4 heteroatoms. The molecule has 3 nitrogen and oxygen atoms in total. The van der Waals surface area contributed by atoms with E-state index >= 15 is 0 Å². The smallest absolute Gasteiger partial charge is 0.191 e. The Bertz CT molecular complexity index is 496. The Morgan fingerprint density at radius 1 is 1.40 bits per heavy atom. The fraction of sp³-hybridized carbons (Fsp3) is 0.562. The monoisotopic (exact) mass is 291 g/mol. The minimum atomic E-state index is 0.491. The molecule has 0 bridgehead atoms. The fourth-order valence-corrected chi connectivity index (χ4v) is 2.68. The lowest BCUT2D eigenvalue weighted by Gasteiger charge is -2.11. The second kappa shape index (κ2) is 6.04. The lowest BCUT2D eigenvalue weighted by atomic mass is 10.1. The molecule has 2 unspecified atom stereocenters. The van der Waals surface area contributed by atoms with Crippen LogP contribution in [-0.4, -0.2) is 25.1 Å². The standard InChI is InChI=1S/C16H22ClN3/c1-2-18-16(19-10-11-6-7-11)20-15-9-14(15)12-4-3-5-13(17)8-12/h3-5,8,11,14-15H,2,6-7,9-10H2,1H3,(H2,18,19,20). The summed E-state index contributed by atoms with van der Waals surface area (Å²) < 4.78 is 0. The van der Waals surface area contributed by atoms with Crippen molar-refractivity contribution in [3.8, 4) is 0 Å². The average Bonchev–Trinajstić information content (AvgIpc) is 3.32. The van der Waals surface area contributed by atoms with Crippen LogP contribution in [0, 0.1) is 5.92 Å². The molecule has 2 fully saturated rings. The molecule has 2 saturated carbocycles. The van der Waals surface area contributed by atoms with Gasteiger partial charge in [0, 0.05) is 30.1 Å². The highest BCUT2D eigenvalue weighted by Gasteiger charge is 2.39. The van der Waals surface area contributed by atoms with Gasteiger partial charge in [-0.25, -0.2) is 0 Å². The first-order valence-electron chi connectivity index (χ1n) is 7.56. The van der Waals surface area contributed by atoms with Crippen molar-refractivity contribution in [1.82, 2.24) is 10.6 Å². The van der Waals surface area contributed by atoms with Gasteiger partial charge < -0.3 is 10.6 Å². The molecule has 2 N–H and O–H groups in total. The molecule has 0 aliphatic heterocycles. The van der Waals surface area contributed by atoms with E-state index in [4.69, 9.17) is 11.6 Å². The number of benzene rings is 1. The predicted octanol–water partition coefficient (Wildman–Crippen LogP) is 3.16. The van der Waals surface area contributed by atoms with Crippen LogP contribution in [0.25, 0.3) is 0 Å². The predicted molar refractivity (Wildman–Crippen MR) is 84.4 cm³/mol. The van der Waals surface area contributed by atoms with E-state index in [1.165, 1.54) is 18.4 Å². The summed E-state index contributed by atoms with van der Waals surface area (Å²) in [6.07, 6.45) is 3.85. The van der Waals surface area contributed by atoms with Gasteiger partial charge in [0.2, 0.25) is 0 Å². The van der Waals surface area contributed by atoms with Gasteiger partial charge in [0.15, 0.2) is 5.96 Å². The van der Waals surface area contributed by atoms with Crippen molar-refractivity contribution in [2.24, 2.45) is 10.9 Å². The first-order valence-corrected chi connectivity index (χ1v) is 7.94. The van der Waals surface area contributed by atoms with Crippen LogP contribution in [0.5, 0.6) is 0 Å². The Labute approximate surface area is 125 Å². The highest BCUT2D eigenvalue weighted by atomic mass is 35.5. The molecule has 0 amide bonds. The Hall–Kier alpha value is -1.22. The number of guanidine groups is 1. The molecule has 0 saturated heterocycles. The zero-order valence-corrected chi connectivity index (χ0v) is 12.7. The van der Waals surface area contributed by atoms with Crippen molar-refractivity contribution >= 4 is 17.6 Å². The van der Waals surface area contributed by atoms with E-state index in [2.05, 4.69) is 34.7 Å². The van der Waals surface area contributed by atoms with E-state index in [1.54, 1.807) is 0 Å². The maximum Gasteiger partial charge on any atom is 0.191 e. The molecule has 1 aromatic rings. The molecule has 108 valence electrons. The van der Waals surface area contributed by atoms with Crippen LogP contribution in [0.1, 0.15) is 37.7 Å². The van der Waals surface area contributed by atoms with E-state index in [9.17, 15) is 0 Å². The van der Waals surface area contributed by atoms with Gasteiger partial charge in [0.25, 0.3) is 0 Å². The quantitative estimate of drug-likeness (QED) is 0.646. The molecule has 2 atom stereocenters. The summed E-state index contributed by atoms with van der Waals surface area (Å²) >= 11 is 6.05. The van der Waals surface area contributed by atoms with E-state index < -0.39 is 0 Å². The van der Waals surface area contributed by atoms with Crippen molar-refractivity contribution in [2.45, 2.75) is 38.1 Å². The summed E-state index contributed by atoms with van der Waals surface area (Å²) in [5, 5.41) is 7.69. The summed E-state index contributed by atoms with van der Waals surface area (Å²) in [7, 11) is 0. The van der Waals surface area contributed by atoms with Crippen molar-refractivity contribution in [1.29, 1.82) is 0 Å². The molecule has 2 aliphatic carbocycles. The lowest BCUT2D eigenvalue weighted by Crippen LogP contribution is -2.39. The Morgan fingerprint density at radius 2 is 2.25 bits per heavy atom. The summed E-state index contributed by atoms with van der Waals surface area (Å²) in [5.41, 5.74) is 1.33. The summed E-state index contributed by atoms with van der Waals surface area (Å²) in [6.45, 7) is 3.98. The van der Waals surface area contributed by atoms with Gasteiger partial charge in [0.1, 0.15) is 0 Å². The Kier molecular flexibility index (Phi) is 4.16. The molecule has 1 aromatic carbocycles. The van der Waals surface area contributed by atoms with Crippen molar-refractivity contribution in [2.75, 3.05) is 13.1 Å². The van der Waals surface area contributed by atoms with Crippen LogP contribution in [-0.2, 0) is 0 Å².